The maximum atomic E-state index is 10.5. The zero-order chi connectivity index (χ0) is 16.9. The summed E-state index contributed by atoms with van der Waals surface area (Å²) in [5, 5.41) is 10.5. The number of hydrogen-bond acceptors (Lipinski definition) is 3. The summed E-state index contributed by atoms with van der Waals surface area (Å²) in [6.07, 6.45) is 6.72. The molecule has 0 saturated heterocycles. The van der Waals surface area contributed by atoms with Gasteiger partial charge in [0.15, 0.2) is 0 Å². The molecule has 5 atom stereocenters. The summed E-state index contributed by atoms with van der Waals surface area (Å²) in [5.41, 5.74) is 2.99. The number of fused-ring (bicyclic) bond motifs is 5. The van der Waals surface area contributed by atoms with Crippen molar-refractivity contribution in [2.24, 2.45) is 17.3 Å². The Labute approximate surface area is 145 Å². The molecule has 1 aromatic carbocycles. The van der Waals surface area contributed by atoms with Crippen molar-refractivity contribution >= 4 is 0 Å². The van der Waals surface area contributed by atoms with Crippen LogP contribution in [0.25, 0.3) is 0 Å². The van der Waals surface area contributed by atoms with Gasteiger partial charge >= 0.3 is 0 Å². The van der Waals surface area contributed by atoms with Crippen LogP contribution in [0, 0.1) is 17.3 Å². The first-order valence-corrected chi connectivity index (χ1v) is 9.60. The first kappa shape index (κ1) is 16.3. The minimum absolute atomic E-state index is 0.105. The maximum absolute atomic E-state index is 10.5. The van der Waals surface area contributed by atoms with Crippen LogP contribution in [0.5, 0.6) is 11.5 Å². The minimum atomic E-state index is -0.105. The highest BCUT2D eigenvalue weighted by Gasteiger charge is 2.54. The first-order chi connectivity index (χ1) is 11.6. The number of ether oxygens (including phenoxy) is 2. The monoisotopic (exact) mass is 330 g/mol. The second-order valence-corrected chi connectivity index (χ2v) is 8.18. The minimum Gasteiger partial charge on any atom is -0.496 e. The second-order valence-electron chi connectivity index (χ2n) is 8.18. The summed E-state index contributed by atoms with van der Waals surface area (Å²) in [6, 6.07) is 4.30. The average molecular weight is 330 g/mol. The largest absolute Gasteiger partial charge is 0.496 e. The molecule has 2 fully saturated rings. The molecule has 0 amide bonds. The molecule has 0 bridgehead atoms. The predicted molar refractivity (Wildman–Crippen MR) is 94.8 cm³/mol. The lowest BCUT2D eigenvalue weighted by Crippen LogP contribution is -2.44. The Balaban J connectivity index is 1.72. The summed E-state index contributed by atoms with van der Waals surface area (Å²) < 4.78 is 11.5. The summed E-state index contributed by atoms with van der Waals surface area (Å²) in [4.78, 5) is 0. The van der Waals surface area contributed by atoms with Crippen molar-refractivity contribution in [2.75, 3.05) is 13.7 Å². The molecule has 1 aromatic rings. The molecule has 24 heavy (non-hydrogen) atoms. The van der Waals surface area contributed by atoms with Gasteiger partial charge in [-0.1, -0.05) is 6.92 Å². The van der Waals surface area contributed by atoms with Crippen LogP contribution >= 0.6 is 0 Å². The molecule has 0 aliphatic heterocycles. The van der Waals surface area contributed by atoms with Gasteiger partial charge in [0.1, 0.15) is 11.5 Å². The van der Waals surface area contributed by atoms with E-state index in [1.54, 1.807) is 7.11 Å². The Morgan fingerprint density at radius 3 is 2.79 bits per heavy atom. The van der Waals surface area contributed by atoms with Gasteiger partial charge in [-0.15, -0.1) is 0 Å². The Bertz CT molecular complexity index is 609. The van der Waals surface area contributed by atoms with Crippen LogP contribution in [0.3, 0.4) is 0 Å². The van der Waals surface area contributed by atoms with Gasteiger partial charge in [-0.05, 0) is 80.2 Å². The fourth-order valence-corrected chi connectivity index (χ4v) is 6.05. The van der Waals surface area contributed by atoms with Gasteiger partial charge in [0.05, 0.1) is 19.8 Å². The van der Waals surface area contributed by atoms with Crippen molar-refractivity contribution in [1.82, 2.24) is 0 Å². The number of aliphatic hydroxyl groups excluding tert-OH is 1. The average Bonchev–Trinajstić information content (AvgIpc) is 2.89. The highest BCUT2D eigenvalue weighted by atomic mass is 16.5. The van der Waals surface area contributed by atoms with Crippen LogP contribution in [0.4, 0.5) is 0 Å². The van der Waals surface area contributed by atoms with Crippen molar-refractivity contribution in [3.63, 3.8) is 0 Å². The van der Waals surface area contributed by atoms with Gasteiger partial charge in [0.2, 0.25) is 0 Å². The quantitative estimate of drug-likeness (QED) is 0.897. The summed E-state index contributed by atoms with van der Waals surface area (Å²) in [5.74, 6) is 3.88. The molecule has 3 heteroatoms. The molecule has 3 aliphatic carbocycles. The smallest absolute Gasteiger partial charge is 0.126 e. The molecule has 0 heterocycles. The van der Waals surface area contributed by atoms with Crippen molar-refractivity contribution in [1.29, 1.82) is 0 Å². The third-order valence-corrected chi connectivity index (χ3v) is 7.24. The number of methoxy groups -OCH3 is 1. The summed E-state index contributed by atoms with van der Waals surface area (Å²) in [6.45, 7) is 5.04. The lowest BCUT2D eigenvalue weighted by atomic mass is 9.55. The molecule has 0 spiro atoms. The zero-order valence-corrected chi connectivity index (χ0v) is 15.2. The van der Waals surface area contributed by atoms with E-state index >= 15 is 0 Å². The number of hydrogen-bond donors (Lipinski definition) is 1. The van der Waals surface area contributed by atoms with Gasteiger partial charge in [0.25, 0.3) is 0 Å². The van der Waals surface area contributed by atoms with Crippen molar-refractivity contribution < 1.29 is 14.6 Å². The number of aryl methyl sites for hydroxylation is 1. The van der Waals surface area contributed by atoms with Gasteiger partial charge in [0, 0.05) is 11.6 Å². The van der Waals surface area contributed by atoms with E-state index in [0.29, 0.717) is 24.4 Å². The molecule has 3 nitrogen and oxygen atoms in total. The second kappa shape index (κ2) is 5.94. The molecule has 0 unspecified atom stereocenters. The molecule has 0 radical (unpaired) electrons. The highest BCUT2D eigenvalue weighted by Crippen LogP contribution is 2.62. The van der Waals surface area contributed by atoms with Crippen LogP contribution < -0.4 is 9.47 Å². The van der Waals surface area contributed by atoms with Gasteiger partial charge in [-0.2, -0.15) is 0 Å². The van der Waals surface area contributed by atoms with Crippen molar-refractivity contribution in [3.8, 4) is 11.5 Å². The standard InChI is InChI=1S/C21H30O3/c1-4-24-14-11-13-5-6-15-16(20(13)18(12-14)23-3)9-10-21(2)17(15)7-8-19(21)22/h11-12,15-17,19,22H,4-10H2,1-3H3/t15-,16+,17+,19+,21+/m1/s1. The third kappa shape index (κ3) is 2.28. The van der Waals surface area contributed by atoms with Crippen molar-refractivity contribution in [3.05, 3.63) is 23.3 Å². The van der Waals surface area contributed by atoms with E-state index in [-0.39, 0.29) is 11.5 Å². The zero-order valence-electron chi connectivity index (χ0n) is 15.2. The van der Waals surface area contributed by atoms with E-state index in [1.807, 2.05) is 6.92 Å². The highest BCUT2D eigenvalue weighted by molar-refractivity contribution is 5.50. The van der Waals surface area contributed by atoms with Crippen molar-refractivity contribution in [2.45, 2.75) is 64.4 Å². The molecular formula is C21H30O3. The van der Waals surface area contributed by atoms with E-state index < -0.39 is 0 Å². The summed E-state index contributed by atoms with van der Waals surface area (Å²) >= 11 is 0. The van der Waals surface area contributed by atoms with Crippen LogP contribution in [0.15, 0.2) is 12.1 Å². The fourth-order valence-electron chi connectivity index (χ4n) is 6.05. The molecule has 4 rings (SSSR count). The lowest BCUT2D eigenvalue weighted by Gasteiger charge is -2.50. The molecule has 0 aromatic heterocycles. The Kier molecular flexibility index (Phi) is 4.03. The van der Waals surface area contributed by atoms with Gasteiger partial charge in [-0.25, -0.2) is 0 Å². The van der Waals surface area contributed by atoms with Crippen LogP contribution in [-0.4, -0.2) is 24.9 Å². The lowest BCUT2D eigenvalue weighted by molar-refractivity contribution is -0.0229. The van der Waals surface area contributed by atoms with E-state index in [1.165, 1.54) is 30.4 Å². The van der Waals surface area contributed by atoms with E-state index in [2.05, 4.69) is 19.1 Å². The normalized spacial score (nSPS) is 37.3. The maximum Gasteiger partial charge on any atom is 0.126 e. The molecule has 3 aliphatic rings. The number of aliphatic hydroxyl groups is 1. The van der Waals surface area contributed by atoms with E-state index in [0.717, 1.165) is 30.8 Å². The van der Waals surface area contributed by atoms with Crippen LogP contribution in [0.1, 0.15) is 63.0 Å². The fraction of sp³-hybridized carbons (Fsp3) is 0.714. The molecule has 132 valence electrons. The third-order valence-electron chi connectivity index (χ3n) is 7.24. The summed E-state index contributed by atoms with van der Waals surface area (Å²) in [7, 11) is 1.78. The SMILES string of the molecule is CCOc1cc2c(c(OC)c1)[C@H]1CC[C@]3(C)[C@@H](O)CC[C@H]3[C@@H]1CC2. The molecule has 1 N–H and O–H groups in total. The van der Waals surface area contributed by atoms with Crippen LogP contribution in [-0.2, 0) is 6.42 Å². The predicted octanol–water partition coefficient (Wildman–Crippen LogP) is 4.31. The Hall–Kier alpha value is -1.22. The van der Waals surface area contributed by atoms with Gasteiger partial charge < -0.3 is 14.6 Å². The Morgan fingerprint density at radius 1 is 1.21 bits per heavy atom. The topological polar surface area (TPSA) is 38.7 Å². The molecule has 2 saturated carbocycles. The Morgan fingerprint density at radius 2 is 2.04 bits per heavy atom. The number of rotatable bonds is 3. The van der Waals surface area contributed by atoms with E-state index in [4.69, 9.17) is 9.47 Å². The van der Waals surface area contributed by atoms with Gasteiger partial charge in [-0.3, -0.25) is 0 Å². The molecular weight excluding hydrogens is 300 g/mol. The first-order valence-electron chi connectivity index (χ1n) is 9.60. The van der Waals surface area contributed by atoms with E-state index in [9.17, 15) is 5.11 Å². The van der Waals surface area contributed by atoms with Crippen LogP contribution in [0.2, 0.25) is 0 Å². The number of benzene rings is 1.